The highest BCUT2D eigenvalue weighted by Crippen LogP contribution is 2.31. The molecule has 1 N–H and O–H groups in total. The predicted molar refractivity (Wildman–Crippen MR) is 105 cm³/mol. The van der Waals surface area contributed by atoms with E-state index in [9.17, 15) is 4.79 Å². The van der Waals surface area contributed by atoms with Crippen LogP contribution in [0.15, 0.2) is 59.2 Å². The molecule has 0 atom stereocenters. The fraction of sp³-hybridized carbons (Fsp3) is 0.100. The van der Waals surface area contributed by atoms with Crippen molar-refractivity contribution < 1.29 is 9.21 Å². The first-order valence-electron chi connectivity index (χ1n) is 8.08. The van der Waals surface area contributed by atoms with Gasteiger partial charge in [0.05, 0.1) is 34.5 Å². The second-order valence-electron chi connectivity index (χ2n) is 5.89. The summed E-state index contributed by atoms with van der Waals surface area (Å²) in [6, 6.07) is 14.9. The molecule has 1 aromatic carbocycles. The summed E-state index contributed by atoms with van der Waals surface area (Å²) in [7, 11) is 0. The number of fused-ring (bicyclic) bond motifs is 1. The Morgan fingerprint density at radius 2 is 2.12 bits per heavy atom. The van der Waals surface area contributed by atoms with E-state index in [2.05, 4.69) is 5.32 Å². The fourth-order valence-corrected chi connectivity index (χ4v) is 3.76. The molecule has 0 aliphatic heterocycles. The molecule has 4 rings (SSSR count). The number of aryl methyl sites for hydroxylation is 1. The molecule has 0 saturated carbocycles. The van der Waals surface area contributed by atoms with Crippen molar-refractivity contribution in [3.8, 4) is 10.6 Å². The summed E-state index contributed by atoms with van der Waals surface area (Å²) in [5, 5.41) is 4.19. The number of rotatable bonds is 4. The summed E-state index contributed by atoms with van der Waals surface area (Å²) in [5.74, 6) is 0.509. The maximum Gasteiger partial charge on any atom is 0.252 e. The molecule has 0 saturated heterocycles. The Balaban J connectivity index is 1.77. The van der Waals surface area contributed by atoms with Crippen molar-refractivity contribution >= 4 is 39.7 Å². The number of thiophene rings is 1. The first kappa shape index (κ1) is 16.8. The quantitative estimate of drug-likeness (QED) is 0.510. The molecule has 0 radical (unpaired) electrons. The smallest absolute Gasteiger partial charge is 0.252 e. The topological polar surface area (TPSA) is 55.1 Å². The number of carbonyl (C=O) groups is 1. The lowest BCUT2D eigenvalue weighted by atomic mass is 10.1. The average molecular weight is 383 g/mol. The third-order valence-electron chi connectivity index (χ3n) is 4.01. The highest BCUT2D eigenvalue weighted by molar-refractivity contribution is 7.15. The van der Waals surface area contributed by atoms with Crippen LogP contribution >= 0.6 is 22.9 Å². The molecular weight excluding hydrogens is 368 g/mol. The van der Waals surface area contributed by atoms with E-state index in [0.717, 1.165) is 21.5 Å². The van der Waals surface area contributed by atoms with Gasteiger partial charge in [-0.2, -0.15) is 0 Å². The molecule has 0 bridgehead atoms. The summed E-state index contributed by atoms with van der Waals surface area (Å²) in [6.07, 6.45) is 1.58. The molecule has 4 nitrogen and oxygen atoms in total. The molecular formula is C20H15ClN2O2S. The summed E-state index contributed by atoms with van der Waals surface area (Å²) >= 11 is 7.79. The molecule has 1 amide bonds. The minimum absolute atomic E-state index is 0.189. The predicted octanol–water partition coefficient (Wildman–Crippen LogP) is 5.45. The number of carbonyl (C=O) groups excluding carboxylic acids is 1. The van der Waals surface area contributed by atoms with Gasteiger partial charge in [-0.1, -0.05) is 11.6 Å². The highest BCUT2D eigenvalue weighted by Gasteiger charge is 2.15. The molecule has 0 unspecified atom stereocenters. The van der Waals surface area contributed by atoms with Crippen LogP contribution in [0.4, 0.5) is 0 Å². The molecule has 3 heterocycles. The number of nitrogens with zero attached hydrogens (tertiary/aromatic N) is 1. The third kappa shape index (κ3) is 3.36. The zero-order valence-electron chi connectivity index (χ0n) is 14.0. The summed E-state index contributed by atoms with van der Waals surface area (Å²) in [4.78, 5) is 19.8. The van der Waals surface area contributed by atoms with Crippen LogP contribution in [-0.2, 0) is 6.54 Å². The van der Waals surface area contributed by atoms with Crippen molar-refractivity contribution in [2.75, 3.05) is 0 Å². The SMILES string of the molecule is Cc1ccc(-c2cc(C(=O)NCc3ccco3)c3cc(Cl)ccc3n2)s1. The third-order valence-corrected chi connectivity index (χ3v) is 5.27. The number of nitrogens with one attached hydrogen (secondary N) is 1. The summed E-state index contributed by atoms with van der Waals surface area (Å²) in [6.45, 7) is 2.37. The number of halogens is 1. The molecule has 3 aromatic heterocycles. The highest BCUT2D eigenvalue weighted by atomic mass is 35.5. The van der Waals surface area contributed by atoms with Gasteiger partial charge in [0.15, 0.2) is 0 Å². The second-order valence-corrected chi connectivity index (χ2v) is 7.61. The van der Waals surface area contributed by atoms with E-state index in [0.29, 0.717) is 22.9 Å². The summed E-state index contributed by atoms with van der Waals surface area (Å²) < 4.78 is 5.28. The Kier molecular flexibility index (Phi) is 4.49. The van der Waals surface area contributed by atoms with Crippen molar-refractivity contribution in [1.82, 2.24) is 10.3 Å². The Morgan fingerprint density at radius 1 is 1.23 bits per heavy atom. The van der Waals surface area contributed by atoms with Gasteiger partial charge in [-0.3, -0.25) is 4.79 Å². The monoisotopic (exact) mass is 382 g/mol. The van der Waals surface area contributed by atoms with Gasteiger partial charge in [0, 0.05) is 15.3 Å². The Labute approximate surface area is 159 Å². The lowest BCUT2D eigenvalue weighted by Gasteiger charge is -2.10. The number of hydrogen-bond acceptors (Lipinski definition) is 4. The van der Waals surface area contributed by atoms with E-state index >= 15 is 0 Å². The van der Waals surface area contributed by atoms with Crippen LogP contribution in [0.3, 0.4) is 0 Å². The lowest BCUT2D eigenvalue weighted by molar-refractivity contribution is 0.0949. The molecule has 0 fully saturated rings. The minimum Gasteiger partial charge on any atom is -0.467 e. The first-order valence-corrected chi connectivity index (χ1v) is 9.27. The molecule has 6 heteroatoms. The second kappa shape index (κ2) is 6.94. The van der Waals surface area contributed by atoms with Gasteiger partial charge in [-0.05, 0) is 55.5 Å². The van der Waals surface area contributed by atoms with Crippen molar-refractivity contribution in [2.45, 2.75) is 13.5 Å². The summed E-state index contributed by atoms with van der Waals surface area (Å²) in [5.41, 5.74) is 2.06. The zero-order valence-corrected chi connectivity index (χ0v) is 15.5. The van der Waals surface area contributed by atoms with Gasteiger partial charge >= 0.3 is 0 Å². The fourth-order valence-electron chi connectivity index (χ4n) is 2.76. The number of pyridine rings is 1. The van der Waals surface area contributed by atoms with Gasteiger partial charge in [0.25, 0.3) is 5.91 Å². The van der Waals surface area contributed by atoms with Gasteiger partial charge < -0.3 is 9.73 Å². The maximum absolute atomic E-state index is 12.8. The normalized spacial score (nSPS) is 11.0. The molecule has 130 valence electrons. The number of aromatic nitrogens is 1. The maximum atomic E-state index is 12.8. The van der Waals surface area contributed by atoms with Crippen molar-refractivity contribution in [3.05, 3.63) is 76.0 Å². The number of furan rings is 1. The van der Waals surface area contributed by atoms with E-state index in [4.69, 9.17) is 21.0 Å². The Morgan fingerprint density at radius 3 is 2.85 bits per heavy atom. The molecule has 0 spiro atoms. The first-order chi connectivity index (χ1) is 12.6. The number of hydrogen-bond donors (Lipinski definition) is 1. The van der Waals surface area contributed by atoms with Gasteiger partial charge in [0.2, 0.25) is 0 Å². The van der Waals surface area contributed by atoms with Crippen LogP contribution in [0.1, 0.15) is 21.0 Å². The Bertz CT molecular complexity index is 1090. The Hall–Kier alpha value is -2.63. The van der Waals surface area contributed by atoms with Crippen molar-refractivity contribution in [1.29, 1.82) is 0 Å². The van der Waals surface area contributed by atoms with Crippen LogP contribution in [0.5, 0.6) is 0 Å². The van der Waals surface area contributed by atoms with E-state index < -0.39 is 0 Å². The minimum atomic E-state index is -0.189. The van der Waals surface area contributed by atoms with Gasteiger partial charge in [-0.25, -0.2) is 4.98 Å². The molecule has 0 aliphatic rings. The largest absolute Gasteiger partial charge is 0.467 e. The van der Waals surface area contributed by atoms with Crippen LogP contribution < -0.4 is 5.32 Å². The molecule has 4 aromatic rings. The van der Waals surface area contributed by atoms with Crippen LogP contribution in [-0.4, -0.2) is 10.9 Å². The van der Waals surface area contributed by atoms with Crippen molar-refractivity contribution in [2.24, 2.45) is 0 Å². The van der Waals surface area contributed by atoms with Crippen LogP contribution in [0.25, 0.3) is 21.5 Å². The van der Waals surface area contributed by atoms with E-state index in [-0.39, 0.29) is 5.91 Å². The number of amides is 1. The van der Waals surface area contributed by atoms with Crippen molar-refractivity contribution in [3.63, 3.8) is 0 Å². The molecule has 0 aliphatic carbocycles. The number of benzene rings is 1. The van der Waals surface area contributed by atoms with Gasteiger partial charge in [0.1, 0.15) is 5.76 Å². The van der Waals surface area contributed by atoms with Crippen LogP contribution in [0, 0.1) is 6.92 Å². The van der Waals surface area contributed by atoms with Crippen LogP contribution in [0.2, 0.25) is 5.02 Å². The van der Waals surface area contributed by atoms with E-state index in [1.54, 1.807) is 35.8 Å². The standard InChI is InChI=1S/C20H15ClN2O2S/c1-12-4-7-19(26-12)18-10-16(15-9-13(21)5-6-17(15)23-18)20(24)22-11-14-3-2-8-25-14/h2-10H,11H2,1H3,(H,22,24). The molecule has 26 heavy (non-hydrogen) atoms. The zero-order chi connectivity index (χ0) is 18.1. The average Bonchev–Trinajstić information content (AvgIpc) is 3.30. The van der Waals surface area contributed by atoms with Gasteiger partial charge in [-0.15, -0.1) is 11.3 Å². The van der Waals surface area contributed by atoms with E-state index in [1.165, 1.54) is 4.88 Å². The lowest BCUT2D eigenvalue weighted by Crippen LogP contribution is -2.23. The van der Waals surface area contributed by atoms with E-state index in [1.807, 2.05) is 37.3 Å².